The first kappa shape index (κ1) is 14.8. The van der Waals surface area contributed by atoms with Crippen LogP contribution in [0.4, 0.5) is 5.95 Å². The highest BCUT2D eigenvalue weighted by atomic mass is 16.2. The molecule has 1 fully saturated rings. The number of imidazole rings is 1. The molecule has 1 N–H and O–H groups in total. The smallest absolute Gasteiger partial charge is 0.332 e. The van der Waals surface area contributed by atoms with Crippen LogP contribution in [0.25, 0.3) is 11.2 Å². The largest absolute Gasteiger partial charge is 0.340 e. The van der Waals surface area contributed by atoms with E-state index in [2.05, 4.69) is 22.1 Å². The molecule has 1 aliphatic heterocycles. The average molecular weight is 306 g/mol. The van der Waals surface area contributed by atoms with Crippen LogP contribution in [0.5, 0.6) is 0 Å². The lowest BCUT2D eigenvalue weighted by Gasteiger charge is -2.28. The minimum Gasteiger partial charge on any atom is -0.340 e. The van der Waals surface area contributed by atoms with Crippen molar-refractivity contribution in [3.63, 3.8) is 0 Å². The minimum absolute atomic E-state index is 0.277. The zero-order valence-electron chi connectivity index (χ0n) is 13.3. The summed E-state index contributed by atoms with van der Waals surface area (Å²) < 4.78 is 4.56. The number of aryl methyl sites for hydroxylation is 2. The molecule has 0 unspecified atom stereocenters. The van der Waals surface area contributed by atoms with Crippen molar-refractivity contribution in [3.05, 3.63) is 20.8 Å². The third kappa shape index (κ3) is 2.14. The van der Waals surface area contributed by atoms with Crippen LogP contribution >= 0.6 is 0 Å². The maximum atomic E-state index is 12.6. The van der Waals surface area contributed by atoms with Crippen molar-refractivity contribution < 1.29 is 0 Å². The Morgan fingerprint density at radius 1 is 1.14 bits per heavy atom. The van der Waals surface area contributed by atoms with E-state index in [0.29, 0.717) is 17.7 Å². The van der Waals surface area contributed by atoms with Crippen molar-refractivity contribution in [2.24, 2.45) is 14.1 Å². The fourth-order valence-electron chi connectivity index (χ4n) is 2.98. The van der Waals surface area contributed by atoms with E-state index >= 15 is 0 Å². The first-order chi connectivity index (χ1) is 10.6. The molecule has 0 radical (unpaired) electrons. The minimum atomic E-state index is -0.342. The highest BCUT2D eigenvalue weighted by Crippen LogP contribution is 2.20. The molecule has 0 aliphatic carbocycles. The van der Waals surface area contributed by atoms with E-state index in [9.17, 15) is 9.59 Å². The van der Waals surface area contributed by atoms with Gasteiger partial charge in [-0.2, -0.15) is 4.98 Å². The number of rotatable bonds is 3. The van der Waals surface area contributed by atoms with Crippen molar-refractivity contribution in [1.82, 2.24) is 24.0 Å². The number of nitrogens with one attached hydrogen (secondary N) is 1. The molecule has 3 rings (SSSR count). The number of piperazine rings is 1. The molecule has 2 aromatic heterocycles. The molecule has 8 nitrogen and oxygen atoms in total. The summed E-state index contributed by atoms with van der Waals surface area (Å²) in [5.74, 6) is 0.789. The Labute approximate surface area is 128 Å². The average Bonchev–Trinajstić information content (AvgIpc) is 2.92. The first-order valence-corrected chi connectivity index (χ1v) is 7.68. The summed E-state index contributed by atoms with van der Waals surface area (Å²) >= 11 is 0. The topological polar surface area (TPSA) is 77.1 Å². The summed E-state index contributed by atoms with van der Waals surface area (Å²) in [4.78, 5) is 31.5. The second-order valence-electron chi connectivity index (χ2n) is 5.68. The van der Waals surface area contributed by atoms with Gasteiger partial charge in [-0.25, -0.2) is 4.79 Å². The Morgan fingerprint density at radius 2 is 1.82 bits per heavy atom. The van der Waals surface area contributed by atoms with Crippen LogP contribution in [-0.4, -0.2) is 44.9 Å². The summed E-state index contributed by atoms with van der Waals surface area (Å²) in [6.07, 6.45) is 0.899. The number of nitrogens with zero attached hydrogens (tertiary/aromatic N) is 5. The lowest BCUT2D eigenvalue weighted by Crippen LogP contribution is -2.44. The Hall–Kier alpha value is -2.09. The molecule has 1 saturated heterocycles. The molecule has 3 heterocycles. The van der Waals surface area contributed by atoms with Crippen molar-refractivity contribution >= 4 is 17.1 Å². The predicted molar refractivity (Wildman–Crippen MR) is 85.6 cm³/mol. The zero-order valence-corrected chi connectivity index (χ0v) is 13.3. The molecule has 0 amide bonds. The van der Waals surface area contributed by atoms with E-state index in [-0.39, 0.29) is 11.2 Å². The monoisotopic (exact) mass is 306 g/mol. The Balaban J connectivity index is 2.31. The maximum absolute atomic E-state index is 12.6. The molecular weight excluding hydrogens is 284 g/mol. The molecule has 0 aromatic carbocycles. The number of hydrogen-bond acceptors (Lipinski definition) is 5. The molecular formula is C14H22N6O2. The van der Waals surface area contributed by atoms with Crippen LogP contribution < -0.4 is 21.5 Å². The van der Waals surface area contributed by atoms with Crippen LogP contribution in [0.3, 0.4) is 0 Å². The van der Waals surface area contributed by atoms with E-state index in [0.717, 1.165) is 43.1 Å². The number of hydrogen-bond donors (Lipinski definition) is 1. The fraction of sp³-hybridized carbons (Fsp3) is 0.643. The molecule has 8 heteroatoms. The van der Waals surface area contributed by atoms with Crippen LogP contribution in [-0.2, 0) is 20.6 Å². The fourth-order valence-corrected chi connectivity index (χ4v) is 2.98. The van der Waals surface area contributed by atoms with E-state index in [1.807, 2.05) is 4.57 Å². The molecule has 120 valence electrons. The quantitative estimate of drug-likeness (QED) is 0.808. The van der Waals surface area contributed by atoms with Gasteiger partial charge >= 0.3 is 5.69 Å². The molecule has 0 atom stereocenters. The van der Waals surface area contributed by atoms with Crippen LogP contribution in [0, 0.1) is 0 Å². The summed E-state index contributed by atoms with van der Waals surface area (Å²) in [5.41, 5.74) is 0.362. The normalized spacial score (nSPS) is 15.7. The van der Waals surface area contributed by atoms with Gasteiger partial charge in [-0.1, -0.05) is 6.92 Å². The maximum Gasteiger partial charge on any atom is 0.332 e. The second-order valence-corrected chi connectivity index (χ2v) is 5.68. The van der Waals surface area contributed by atoms with E-state index < -0.39 is 0 Å². The molecule has 1 aliphatic rings. The van der Waals surface area contributed by atoms with Crippen molar-refractivity contribution in [1.29, 1.82) is 0 Å². The predicted octanol–water partition coefficient (Wildman–Crippen LogP) is -0.747. The number of anilines is 1. The van der Waals surface area contributed by atoms with Gasteiger partial charge in [0.15, 0.2) is 11.2 Å². The third-order valence-electron chi connectivity index (χ3n) is 4.17. The van der Waals surface area contributed by atoms with Crippen LogP contribution in [0.15, 0.2) is 9.59 Å². The van der Waals surface area contributed by atoms with Crippen LogP contribution in [0.1, 0.15) is 13.3 Å². The van der Waals surface area contributed by atoms with E-state index in [1.165, 1.54) is 11.6 Å². The standard InChI is InChI=1S/C14H22N6O2/c1-4-7-20-10-11(17(2)14(22)18(3)12(10)21)16-13(20)19-8-5-15-6-9-19/h15H,4-9H2,1-3H3. The van der Waals surface area contributed by atoms with Gasteiger partial charge in [-0.3, -0.25) is 13.9 Å². The van der Waals surface area contributed by atoms with E-state index in [1.54, 1.807) is 7.05 Å². The molecule has 0 spiro atoms. The van der Waals surface area contributed by atoms with Crippen molar-refractivity contribution in [2.45, 2.75) is 19.9 Å². The summed E-state index contributed by atoms with van der Waals surface area (Å²) in [7, 11) is 3.17. The second kappa shape index (κ2) is 5.60. The van der Waals surface area contributed by atoms with Gasteiger partial charge in [-0.05, 0) is 6.42 Å². The van der Waals surface area contributed by atoms with Gasteiger partial charge in [0.25, 0.3) is 5.56 Å². The molecule has 0 saturated carbocycles. The van der Waals surface area contributed by atoms with E-state index in [4.69, 9.17) is 0 Å². The van der Waals surface area contributed by atoms with Crippen molar-refractivity contribution in [2.75, 3.05) is 31.1 Å². The van der Waals surface area contributed by atoms with Crippen LogP contribution in [0.2, 0.25) is 0 Å². The lowest BCUT2D eigenvalue weighted by molar-refractivity contribution is 0.564. The summed E-state index contributed by atoms with van der Waals surface area (Å²) in [6, 6.07) is 0. The van der Waals surface area contributed by atoms with Gasteiger partial charge in [0.05, 0.1) is 0 Å². The zero-order chi connectivity index (χ0) is 15.9. The SMILES string of the molecule is CCCn1c(N2CCNCC2)nc2c1c(=O)n(C)c(=O)n2C. The molecule has 0 bridgehead atoms. The third-order valence-corrected chi connectivity index (χ3v) is 4.17. The summed E-state index contributed by atoms with van der Waals surface area (Å²) in [6.45, 7) is 6.27. The molecule has 22 heavy (non-hydrogen) atoms. The van der Waals surface area contributed by atoms with Gasteiger partial charge in [0.2, 0.25) is 5.95 Å². The van der Waals surface area contributed by atoms with Gasteiger partial charge in [0, 0.05) is 46.8 Å². The highest BCUT2D eigenvalue weighted by Gasteiger charge is 2.23. The number of fused-ring (bicyclic) bond motifs is 1. The first-order valence-electron chi connectivity index (χ1n) is 7.68. The lowest BCUT2D eigenvalue weighted by atomic mass is 10.4. The Bertz CT molecular complexity index is 809. The van der Waals surface area contributed by atoms with Gasteiger partial charge in [-0.15, -0.1) is 0 Å². The summed E-state index contributed by atoms with van der Waals surface area (Å²) in [5, 5.41) is 3.31. The highest BCUT2D eigenvalue weighted by molar-refractivity contribution is 5.74. The Kier molecular flexibility index (Phi) is 3.78. The van der Waals surface area contributed by atoms with Gasteiger partial charge < -0.3 is 14.8 Å². The van der Waals surface area contributed by atoms with Crippen molar-refractivity contribution in [3.8, 4) is 0 Å². The van der Waals surface area contributed by atoms with Gasteiger partial charge in [0.1, 0.15) is 0 Å². The number of aromatic nitrogens is 4. The molecule has 2 aromatic rings. The Morgan fingerprint density at radius 3 is 2.45 bits per heavy atom.